The lowest BCUT2D eigenvalue weighted by Crippen LogP contribution is -2.51. The second kappa shape index (κ2) is 7.99. The van der Waals surface area contributed by atoms with E-state index in [1.807, 2.05) is 45.0 Å². The van der Waals surface area contributed by atoms with Gasteiger partial charge in [0.15, 0.2) is 0 Å². The predicted molar refractivity (Wildman–Crippen MR) is 94.5 cm³/mol. The van der Waals surface area contributed by atoms with Gasteiger partial charge >= 0.3 is 0 Å². The van der Waals surface area contributed by atoms with E-state index in [0.717, 1.165) is 24.5 Å². The Morgan fingerprint density at radius 3 is 2.22 bits per heavy atom. The van der Waals surface area contributed by atoms with Crippen LogP contribution < -0.4 is 15.4 Å². The number of hydrogen-bond donors (Lipinski definition) is 2. The van der Waals surface area contributed by atoms with Crippen LogP contribution in [0.2, 0.25) is 0 Å². The molecule has 1 fully saturated rings. The van der Waals surface area contributed by atoms with Crippen molar-refractivity contribution in [2.45, 2.75) is 44.8 Å². The molecule has 0 bridgehead atoms. The summed E-state index contributed by atoms with van der Waals surface area (Å²) in [5.74, 6) is 0.704. The Kier molecular flexibility index (Phi) is 6.86. The minimum absolute atomic E-state index is 0. The van der Waals surface area contributed by atoms with E-state index < -0.39 is 5.60 Å². The average Bonchev–Trinajstić information content (AvgIpc) is 2.48. The summed E-state index contributed by atoms with van der Waals surface area (Å²) in [5, 5.41) is 6.19. The predicted octanol–water partition coefficient (Wildman–Crippen LogP) is 2.99. The van der Waals surface area contributed by atoms with E-state index in [-0.39, 0.29) is 23.9 Å². The van der Waals surface area contributed by atoms with Crippen molar-refractivity contribution in [1.29, 1.82) is 0 Å². The molecule has 0 unspecified atom stereocenters. The first kappa shape index (κ1) is 19.7. The first-order chi connectivity index (χ1) is 10.3. The number of nitrogens with one attached hydrogen (secondary N) is 2. The molecule has 130 valence electrons. The number of halogens is 1. The zero-order valence-electron chi connectivity index (χ0n) is 14.3. The zero-order chi connectivity index (χ0) is 16.2. The highest BCUT2D eigenvalue weighted by atomic mass is 35.5. The monoisotopic (exact) mass is 342 g/mol. The van der Waals surface area contributed by atoms with Gasteiger partial charge in [0.05, 0.1) is 0 Å². The van der Waals surface area contributed by atoms with E-state index in [1.165, 1.54) is 0 Å². The molecule has 1 saturated heterocycles. The molecule has 1 aliphatic rings. The van der Waals surface area contributed by atoms with Gasteiger partial charge in [0.1, 0.15) is 17.0 Å². The van der Waals surface area contributed by atoms with Gasteiger partial charge < -0.3 is 20.1 Å². The second-order valence-corrected chi connectivity index (χ2v) is 6.64. The third-order valence-electron chi connectivity index (χ3n) is 3.75. The summed E-state index contributed by atoms with van der Waals surface area (Å²) < 4.78 is 11.3. The first-order valence-electron chi connectivity index (χ1n) is 7.71. The fraction of sp³-hybridized carbons (Fsp3) is 0.588. The van der Waals surface area contributed by atoms with Crippen molar-refractivity contribution in [2.75, 3.05) is 25.5 Å². The smallest absolute Gasteiger partial charge is 0.256 e. The Hall–Kier alpha value is -1.30. The van der Waals surface area contributed by atoms with Gasteiger partial charge in [0.2, 0.25) is 0 Å². The maximum Gasteiger partial charge on any atom is 0.256 e. The average molecular weight is 343 g/mol. The third kappa shape index (κ3) is 5.37. The van der Waals surface area contributed by atoms with E-state index in [9.17, 15) is 4.79 Å². The van der Waals surface area contributed by atoms with Crippen LogP contribution in [0.4, 0.5) is 5.69 Å². The van der Waals surface area contributed by atoms with E-state index in [2.05, 4.69) is 10.6 Å². The Morgan fingerprint density at radius 1 is 1.17 bits per heavy atom. The lowest BCUT2D eigenvalue weighted by molar-refractivity contribution is -0.140. The van der Waals surface area contributed by atoms with Crippen LogP contribution in [0.15, 0.2) is 24.3 Å². The number of hydrogen-bond acceptors (Lipinski definition) is 4. The van der Waals surface area contributed by atoms with Crippen molar-refractivity contribution in [1.82, 2.24) is 5.32 Å². The normalized spacial score (nSPS) is 17.0. The lowest BCUT2D eigenvalue weighted by Gasteiger charge is -2.34. The Bertz CT molecular complexity index is 506. The Balaban J connectivity index is 0.00000264. The van der Waals surface area contributed by atoms with Gasteiger partial charge in [-0.25, -0.2) is 0 Å². The fourth-order valence-electron chi connectivity index (χ4n) is 2.56. The third-order valence-corrected chi connectivity index (χ3v) is 3.75. The van der Waals surface area contributed by atoms with E-state index in [4.69, 9.17) is 9.47 Å². The van der Waals surface area contributed by atoms with E-state index in [1.54, 1.807) is 7.11 Å². The van der Waals surface area contributed by atoms with E-state index in [0.29, 0.717) is 12.8 Å². The summed E-state index contributed by atoms with van der Waals surface area (Å²) in [5.41, 5.74) is -0.215. The number of rotatable bonds is 4. The number of piperidine rings is 1. The van der Waals surface area contributed by atoms with Crippen molar-refractivity contribution in [3.63, 3.8) is 0 Å². The highest BCUT2D eigenvalue weighted by Crippen LogP contribution is 2.26. The topological polar surface area (TPSA) is 59.6 Å². The molecule has 1 aromatic rings. The van der Waals surface area contributed by atoms with Gasteiger partial charge in [-0.15, -0.1) is 12.4 Å². The zero-order valence-corrected chi connectivity index (χ0v) is 15.1. The number of carbonyl (C=O) groups excluding carboxylic acids is 1. The number of benzene rings is 1. The molecule has 5 nitrogen and oxygen atoms in total. The summed E-state index contributed by atoms with van der Waals surface area (Å²) in [6, 6.07) is 7.43. The van der Waals surface area contributed by atoms with Crippen LogP contribution in [0.1, 0.15) is 33.6 Å². The molecule has 2 rings (SSSR count). The van der Waals surface area contributed by atoms with Crippen molar-refractivity contribution < 1.29 is 14.3 Å². The molecule has 0 radical (unpaired) electrons. The van der Waals surface area contributed by atoms with Gasteiger partial charge in [-0.2, -0.15) is 0 Å². The molecule has 0 saturated carbocycles. The molecule has 0 spiro atoms. The quantitative estimate of drug-likeness (QED) is 0.883. The van der Waals surface area contributed by atoms with Gasteiger partial charge in [0, 0.05) is 12.8 Å². The van der Waals surface area contributed by atoms with Crippen LogP contribution in [0.3, 0.4) is 0 Å². The Morgan fingerprint density at radius 2 is 1.74 bits per heavy atom. The fourth-order valence-corrected chi connectivity index (χ4v) is 2.56. The highest BCUT2D eigenvalue weighted by Gasteiger charge is 2.39. The standard InChI is InChI=1S/C17H26N2O3.ClH/c1-16(2,3)22-14-7-5-13(6-8-14)19-15(20)17(21-4)9-11-18-12-10-17;/h5-8,18H,9-12H2,1-4H3,(H,19,20);1H. The van der Waals surface area contributed by atoms with Crippen molar-refractivity contribution in [3.8, 4) is 5.75 Å². The summed E-state index contributed by atoms with van der Waals surface area (Å²) in [7, 11) is 1.60. The van der Waals surface area contributed by atoms with Crippen molar-refractivity contribution in [2.24, 2.45) is 0 Å². The molecule has 1 aliphatic heterocycles. The van der Waals surface area contributed by atoms with Crippen LogP contribution in [0.5, 0.6) is 5.75 Å². The molecule has 23 heavy (non-hydrogen) atoms. The molecule has 1 aromatic carbocycles. The number of methoxy groups -OCH3 is 1. The van der Waals surface area contributed by atoms with Gasteiger partial charge in [-0.05, 0) is 71.0 Å². The molecule has 6 heteroatoms. The maximum atomic E-state index is 12.5. The molecular weight excluding hydrogens is 316 g/mol. The lowest BCUT2D eigenvalue weighted by atomic mass is 9.91. The summed E-state index contributed by atoms with van der Waals surface area (Å²) in [6.07, 6.45) is 1.36. The second-order valence-electron chi connectivity index (χ2n) is 6.64. The van der Waals surface area contributed by atoms with Crippen LogP contribution in [-0.2, 0) is 9.53 Å². The van der Waals surface area contributed by atoms with Crippen molar-refractivity contribution in [3.05, 3.63) is 24.3 Å². The minimum atomic E-state index is -0.730. The van der Waals surface area contributed by atoms with Gasteiger partial charge in [-0.1, -0.05) is 0 Å². The largest absolute Gasteiger partial charge is 0.488 e. The molecule has 0 aliphatic carbocycles. The SMILES string of the molecule is COC1(C(=O)Nc2ccc(OC(C)(C)C)cc2)CCNCC1.Cl. The number of anilines is 1. The first-order valence-corrected chi connectivity index (χ1v) is 7.71. The number of amides is 1. The molecular formula is C17H27ClN2O3. The van der Waals surface area contributed by atoms with Crippen LogP contribution in [0, 0.1) is 0 Å². The number of carbonyl (C=O) groups is 1. The molecule has 0 aromatic heterocycles. The molecule has 2 N–H and O–H groups in total. The molecule has 0 atom stereocenters. The molecule has 1 heterocycles. The van der Waals surface area contributed by atoms with Crippen LogP contribution >= 0.6 is 12.4 Å². The number of ether oxygens (including phenoxy) is 2. The van der Waals surface area contributed by atoms with Gasteiger partial charge in [0.25, 0.3) is 5.91 Å². The summed E-state index contributed by atoms with van der Waals surface area (Å²) in [4.78, 5) is 12.5. The summed E-state index contributed by atoms with van der Waals surface area (Å²) >= 11 is 0. The Labute approximate surface area is 144 Å². The maximum absolute atomic E-state index is 12.5. The van der Waals surface area contributed by atoms with E-state index >= 15 is 0 Å². The summed E-state index contributed by atoms with van der Waals surface area (Å²) in [6.45, 7) is 7.59. The van der Waals surface area contributed by atoms with Crippen molar-refractivity contribution >= 4 is 24.0 Å². The van der Waals surface area contributed by atoms with Gasteiger partial charge in [-0.3, -0.25) is 4.79 Å². The minimum Gasteiger partial charge on any atom is -0.488 e. The van der Waals surface area contributed by atoms with Crippen LogP contribution in [-0.4, -0.2) is 37.3 Å². The van der Waals surface area contributed by atoms with Crippen LogP contribution in [0.25, 0.3) is 0 Å². The highest BCUT2D eigenvalue weighted by molar-refractivity contribution is 5.97. The molecule has 1 amide bonds.